The minimum Gasteiger partial charge on any atom is -0.387 e. The van der Waals surface area contributed by atoms with Gasteiger partial charge in [-0.25, -0.2) is 4.68 Å². The zero-order valence-corrected chi connectivity index (χ0v) is 8.01. The van der Waals surface area contributed by atoms with Crippen LogP contribution in [0, 0.1) is 5.92 Å². The van der Waals surface area contributed by atoms with E-state index < -0.39 is 6.10 Å². The van der Waals surface area contributed by atoms with Crippen LogP contribution in [0.15, 0.2) is 6.20 Å². The van der Waals surface area contributed by atoms with Gasteiger partial charge in [-0.05, 0) is 25.7 Å². The maximum Gasteiger partial charge on any atom is 0.0945 e. The Labute approximate surface area is 77.6 Å². The smallest absolute Gasteiger partial charge is 0.0945 e. The van der Waals surface area contributed by atoms with Gasteiger partial charge in [0.1, 0.15) is 0 Å². The van der Waals surface area contributed by atoms with Gasteiger partial charge in [0.2, 0.25) is 0 Å². The van der Waals surface area contributed by atoms with Gasteiger partial charge in [0, 0.05) is 0 Å². The molecule has 1 N–H and O–H groups in total. The molecule has 4 heteroatoms. The zero-order valence-electron chi connectivity index (χ0n) is 8.01. The molecule has 0 bridgehead atoms. The third-order valence-electron chi connectivity index (χ3n) is 2.73. The fourth-order valence-corrected chi connectivity index (χ4v) is 1.89. The Morgan fingerprint density at radius 1 is 1.62 bits per heavy atom. The second-order valence-electron chi connectivity index (χ2n) is 4.01. The average Bonchev–Trinajstić information content (AvgIpc) is 2.45. The molecule has 1 aliphatic rings. The number of rotatable bonds is 2. The van der Waals surface area contributed by atoms with E-state index in [2.05, 4.69) is 17.2 Å². The van der Waals surface area contributed by atoms with Crippen LogP contribution in [-0.4, -0.2) is 20.1 Å². The first-order valence-electron chi connectivity index (χ1n) is 4.76. The Kier molecular flexibility index (Phi) is 2.07. The Hall–Kier alpha value is -0.900. The normalized spacial score (nSPS) is 29.8. The summed E-state index contributed by atoms with van der Waals surface area (Å²) in [6.45, 7) is 3.98. The molecular weight excluding hydrogens is 166 g/mol. The zero-order chi connectivity index (χ0) is 9.42. The Morgan fingerprint density at radius 2 is 2.31 bits per heavy atom. The second-order valence-corrected chi connectivity index (χ2v) is 4.01. The summed E-state index contributed by atoms with van der Waals surface area (Å²) in [4.78, 5) is 0. The number of nitrogens with zero attached hydrogens (tertiary/aromatic N) is 3. The second kappa shape index (κ2) is 3.10. The summed E-state index contributed by atoms with van der Waals surface area (Å²) in [5.41, 5.74) is 0.830. The Morgan fingerprint density at radius 3 is 2.85 bits per heavy atom. The number of aliphatic hydroxyl groups is 1. The molecule has 1 aromatic rings. The average molecular weight is 181 g/mol. The number of aromatic nitrogens is 3. The summed E-state index contributed by atoms with van der Waals surface area (Å²) in [5.74, 6) is 0.788. The first kappa shape index (κ1) is 8.69. The van der Waals surface area contributed by atoms with Crippen molar-refractivity contribution in [2.45, 2.75) is 38.8 Å². The molecule has 1 heterocycles. The predicted octanol–water partition coefficient (Wildman–Crippen LogP) is 1.30. The summed E-state index contributed by atoms with van der Waals surface area (Å²) >= 11 is 0. The minimum atomic E-state index is -0.467. The molecule has 0 radical (unpaired) electrons. The van der Waals surface area contributed by atoms with Gasteiger partial charge in [-0.1, -0.05) is 12.1 Å². The van der Waals surface area contributed by atoms with Crippen LogP contribution in [0.2, 0.25) is 0 Å². The van der Waals surface area contributed by atoms with Gasteiger partial charge in [0.25, 0.3) is 0 Å². The molecule has 13 heavy (non-hydrogen) atoms. The highest BCUT2D eigenvalue weighted by Gasteiger charge is 2.29. The van der Waals surface area contributed by atoms with Gasteiger partial charge in [-0.15, -0.1) is 5.10 Å². The fraction of sp³-hybridized carbons (Fsp3) is 0.778. The highest BCUT2D eigenvalue weighted by Crippen LogP contribution is 2.37. The molecule has 0 amide bonds. The number of aliphatic hydroxyl groups excluding tert-OH is 1. The predicted molar refractivity (Wildman–Crippen MR) is 48.1 cm³/mol. The summed E-state index contributed by atoms with van der Waals surface area (Å²) in [7, 11) is 0. The lowest BCUT2D eigenvalue weighted by Gasteiger charge is -2.33. The van der Waals surface area contributed by atoms with E-state index in [0.29, 0.717) is 6.04 Å². The Balaban J connectivity index is 2.16. The SMILES string of the molecule is C[C@@H](O)c1cnnn1[C@H]1C[C@@H](C)C1. The van der Waals surface area contributed by atoms with Crippen molar-refractivity contribution in [3.8, 4) is 0 Å². The van der Waals surface area contributed by atoms with Gasteiger partial charge in [0.15, 0.2) is 0 Å². The molecular formula is C9H15N3O. The van der Waals surface area contributed by atoms with E-state index in [9.17, 15) is 5.11 Å². The molecule has 0 spiro atoms. The third-order valence-corrected chi connectivity index (χ3v) is 2.73. The molecule has 0 aliphatic heterocycles. The highest BCUT2D eigenvalue weighted by molar-refractivity contribution is 5.01. The van der Waals surface area contributed by atoms with Crippen LogP contribution in [0.1, 0.15) is 44.5 Å². The van der Waals surface area contributed by atoms with Gasteiger partial charge in [0.05, 0.1) is 24.0 Å². The van der Waals surface area contributed by atoms with Crippen molar-refractivity contribution in [2.24, 2.45) is 5.92 Å². The summed E-state index contributed by atoms with van der Waals surface area (Å²) in [5, 5.41) is 17.3. The minimum absolute atomic E-state index is 0.460. The topological polar surface area (TPSA) is 50.9 Å². The van der Waals surface area contributed by atoms with Crippen molar-refractivity contribution in [1.29, 1.82) is 0 Å². The molecule has 0 unspecified atom stereocenters. The number of hydrogen-bond acceptors (Lipinski definition) is 3. The molecule has 0 saturated heterocycles. The number of hydrogen-bond donors (Lipinski definition) is 1. The molecule has 1 fully saturated rings. The van der Waals surface area contributed by atoms with E-state index in [1.807, 2.05) is 4.68 Å². The van der Waals surface area contributed by atoms with Crippen molar-refractivity contribution in [2.75, 3.05) is 0 Å². The van der Waals surface area contributed by atoms with Crippen LogP contribution in [0.5, 0.6) is 0 Å². The van der Waals surface area contributed by atoms with E-state index in [1.54, 1.807) is 13.1 Å². The first-order valence-corrected chi connectivity index (χ1v) is 4.76. The lowest BCUT2D eigenvalue weighted by atomic mass is 9.82. The first-order chi connectivity index (χ1) is 6.18. The largest absolute Gasteiger partial charge is 0.387 e. The standard InChI is InChI=1S/C9H15N3O/c1-6-3-8(4-6)12-9(7(2)13)5-10-11-12/h5-8,13H,3-4H2,1-2H3/t6-,7-,8+/m1/s1. The maximum absolute atomic E-state index is 9.43. The van der Waals surface area contributed by atoms with Crippen molar-refractivity contribution in [3.05, 3.63) is 11.9 Å². The van der Waals surface area contributed by atoms with Crippen LogP contribution >= 0.6 is 0 Å². The van der Waals surface area contributed by atoms with E-state index in [0.717, 1.165) is 24.5 Å². The van der Waals surface area contributed by atoms with Crippen LogP contribution in [-0.2, 0) is 0 Å². The van der Waals surface area contributed by atoms with Crippen LogP contribution < -0.4 is 0 Å². The van der Waals surface area contributed by atoms with E-state index in [1.165, 1.54) is 0 Å². The Bertz CT molecular complexity index is 289. The molecule has 1 aromatic heterocycles. The lowest BCUT2D eigenvalue weighted by molar-refractivity contribution is 0.152. The molecule has 72 valence electrons. The van der Waals surface area contributed by atoms with Crippen molar-refractivity contribution in [1.82, 2.24) is 15.0 Å². The molecule has 2 rings (SSSR count). The summed E-state index contributed by atoms with van der Waals surface area (Å²) < 4.78 is 1.87. The lowest BCUT2D eigenvalue weighted by Crippen LogP contribution is -2.27. The van der Waals surface area contributed by atoms with E-state index in [-0.39, 0.29) is 0 Å². The van der Waals surface area contributed by atoms with Crippen LogP contribution in [0.25, 0.3) is 0 Å². The van der Waals surface area contributed by atoms with Crippen LogP contribution in [0.3, 0.4) is 0 Å². The molecule has 1 saturated carbocycles. The van der Waals surface area contributed by atoms with Crippen molar-refractivity contribution < 1.29 is 5.11 Å². The molecule has 1 atom stereocenters. The van der Waals surface area contributed by atoms with Gasteiger partial charge in [-0.2, -0.15) is 0 Å². The molecule has 1 aliphatic carbocycles. The molecule has 0 aromatic carbocycles. The molecule has 4 nitrogen and oxygen atoms in total. The van der Waals surface area contributed by atoms with E-state index in [4.69, 9.17) is 0 Å². The van der Waals surface area contributed by atoms with E-state index >= 15 is 0 Å². The maximum atomic E-state index is 9.43. The summed E-state index contributed by atoms with van der Waals surface area (Å²) in [6.07, 6.45) is 3.49. The van der Waals surface area contributed by atoms with Gasteiger partial charge < -0.3 is 5.11 Å². The monoisotopic (exact) mass is 181 g/mol. The van der Waals surface area contributed by atoms with Crippen LogP contribution in [0.4, 0.5) is 0 Å². The highest BCUT2D eigenvalue weighted by atomic mass is 16.3. The summed E-state index contributed by atoms with van der Waals surface area (Å²) in [6, 6.07) is 0.460. The fourth-order valence-electron chi connectivity index (χ4n) is 1.89. The van der Waals surface area contributed by atoms with Crippen molar-refractivity contribution >= 4 is 0 Å². The van der Waals surface area contributed by atoms with Crippen molar-refractivity contribution in [3.63, 3.8) is 0 Å². The van der Waals surface area contributed by atoms with Gasteiger partial charge in [-0.3, -0.25) is 0 Å². The third kappa shape index (κ3) is 1.46. The quantitative estimate of drug-likeness (QED) is 0.748. The van der Waals surface area contributed by atoms with Gasteiger partial charge >= 0.3 is 0 Å².